The number of amides is 1. The fourth-order valence-electron chi connectivity index (χ4n) is 2.92. The summed E-state index contributed by atoms with van der Waals surface area (Å²) in [6, 6.07) is 7.43. The first-order valence-electron chi connectivity index (χ1n) is 7.14. The standard InChI is InChI=1S/C16H21NO4/c1-10-7-13(14(8-10)16(19)20)15(18)17-9-11-3-5-12(21-2)6-4-11/h3-6,10,13-14H,7-9H2,1-2H3,(H,17,18)(H,19,20). The number of hydrogen-bond donors (Lipinski definition) is 2. The Balaban J connectivity index is 1.92. The minimum atomic E-state index is -0.871. The van der Waals surface area contributed by atoms with Crippen LogP contribution in [0.5, 0.6) is 5.75 Å². The maximum Gasteiger partial charge on any atom is 0.307 e. The van der Waals surface area contributed by atoms with Crippen molar-refractivity contribution in [2.24, 2.45) is 17.8 Å². The number of hydrogen-bond acceptors (Lipinski definition) is 3. The third-order valence-corrected chi connectivity index (χ3v) is 4.08. The normalized spacial score (nSPS) is 24.6. The highest BCUT2D eigenvalue weighted by molar-refractivity contribution is 5.85. The van der Waals surface area contributed by atoms with Gasteiger partial charge in [0.15, 0.2) is 0 Å². The molecule has 1 aliphatic rings. The van der Waals surface area contributed by atoms with Crippen LogP contribution in [0.4, 0.5) is 0 Å². The van der Waals surface area contributed by atoms with Gasteiger partial charge in [-0.05, 0) is 36.5 Å². The lowest BCUT2D eigenvalue weighted by Crippen LogP contribution is -2.34. The van der Waals surface area contributed by atoms with Crippen molar-refractivity contribution < 1.29 is 19.4 Å². The SMILES string of the molecule is COc1ccc(CNC(=O)C2CC(C)CC2C(=O)O)cc1. The van der Waals surface area contributed by atoms with Gasteiger partial charge < -0.3 is 15.2 Å². The second-order valence-electron chi connectivity index (χ2n) is 5.69. The van der Waals surface area contributed by atoms with Crippen LogP contribution in [0.15, 0.2) is 24.3 Å². The molecule has 1 amide bonds. The first-order chi connectivity index (χ1) is 10.0. The van der Waals surface area contributed by atoms with Crippen molar-refractivity contribution in [3.05, 3.63) is 29.8 Å². The molecule has 1 saturated carbocycles. The molecule has 0 heterocycles. The lowest BCUT2D eigenvalue weighted by molar-refractivity contribution is -0.146. The Morgan fingerprint density at radius 3 is 2.43 bits per heavy atom. The number of nitrogens with one attached hydrogen (secondary N) is 1. The molecule has 0 aliphatic heterocycles. The average Bonchev–Trinajstić information content (AvgIpc) is 2.87. The van der Waals surface area contributed by atoms with Crippen LogP contribution in [-0.2, 0) is 16.1 Å². The van der Waals surface area contributed by atoms with E-state index in [1.54, 1.807) is 7.11 Å². The van der Waals surface area contributed by atoms with Gasteiger partial charge >= 0.3 is 5.97 Å². The van der Waals surface area contributed by atoms with Crippen LogP contribution in [0.3, 0.4) is 0 Å². The molecule has 0 bridgehead atoms. The van der Waals surface area contributed by atoms with Crippen molar-refractivity contribution in [2.75, 3.05) is 7.11 Å². The lowest BCUT2D eigenvalue weighted by Gasteiger charge is -2.15. The number of rotatable bonds is 5. The van der Waals surface area contributed by atoms with Crippen LogP contribution in [0.2, 0.25) is 0 Å². The number of carboxylic acids is 1. The summed E-state index contributed by atoms with van der Waals surface area (Å²) in [7, 11) is 1.60. The number of carbonyl (C=O) groups excluding carboxylic acids is 1. The monoisotopic (exact) mass is 291 g/mol. The summed E-state index contributed by atoms with van der Waals surface area (Å²) in [5.41, 5.74) is 0.960. The zero-order valence-corrected chi connectivity index (χ0v) is 12.3. The molecule has 1 fully saturated rings. The minimum absolute atomic E-state index is 0.164. The zero-order chi connectivity index (χ0) is 15.4. The Kier molecular flexibility index (Phi) is 4.83. The van der Waals surface area contributed by atoms with E-state index in [-0.39, 0.29) is 11.8 Å². The molecule has 1 aliphatic carbocycles. The Labute approximate surface area is 124 Å². The van der Waals surface area contributed by atoms with E-state index in [4.69, 9.17) is 4.74 Å². The van der Waals surface area contributed by atoms with Gasteiger partial charge in [-0.2, -0.15) is 0 Å². The van der Waals surface area contributed by atoms with Crippen molar-refractivity contribution in [3.8, 4) is 5.75 Å². The summed E-state index contributed by atoms with van der Waals surface area (Å²) in [4.78, 5) is 23.4. The smallest absolute Gasteiger partial charge is 0.307 e. The largest absolute Gasteiger partial charge is 0.497 e. The molecule has 5 heteroatoms. The van der Waals surface area contributed by atoms with Crippen LogP contribution in [-0.4, -0.2) is 24.1 Å². The molecule has 1 aromatic rings. The van der Waals surface area contributed by atoms with E-state index in [9.17, 15) is 14.7 Å². The Morgan fingerprint density at radius 2 is 1.86 bits per heavy atom. The van der Waals surface area contributed by atoms with Crippen molar-refractivity contribution >= 4 is 11.9 Å². The van der Waals surface area contributed by atoms with E-state index >= 15 is 0 Å². The number of carbonyl (C=O) groups is 2. The fourth-order valence-corrected chi connectivity index (χ4v) is 2.92. The molecule has 0 aromatic heterocycles. The van der Waals surface area contributed by atoms with Crippen molar-refractivity contribution in [2.45, 2.75) is 26.3 Å². The molecule has 5 nitrogen and oxygen atoms in total. The molecule has 0 radical (unpaired) electrons. The van der Waals surface area contributed by atoms with Crippen molar-refractivity contribution in [3.63, 3.8) is 0 Å². The summed E-state index contributed by atoms with van der Waals surface area (Å²) < 4.78 is 5.08. The molecule has 1 aromatic carbocycles. The molecule has 0 spiro atoms. The van der Waals surface area contributed by atoms with Crippen molar-refractivity contribution in [1.29, 1.82) is 0 Å². The van der Waals surface area contributed by atoms with Crippen LogP contribution < -0.4 is 10.1 Å². The van der Waals surface area contributed by atoms with E-state index in [0.29, 0.717) is 19.4 Å². The quantitative estimate of drug-likeness (QED) is 0.870. The highest BCUT2D eigenvalue weighted by Gasteiger charge is 2.40. The highest BCUT2D eigenvalue weighted by Crippen LogP contribution is 2.36. The Hall–Kier alpha value is -2.04. The highest BCUT2D eigenvalue weighted by atomic mass is 16.5. The third-order valence-electron chi connectivity index (χ3n) is 4.08. The molecule has 3 atom stereocenters. The summed E-state index contributed by atoms with van der Waals surface area (Å²) >= 11 is 0. The first-order valence-corrected chi connectivity index (χ1v) is 7.14. The van der Waals surface area contributed by atoms with Gasteiger partial charge in [0.25, 0.3) is 0 Å². The van der Waals surface area contributed by atoms with Gasteiger partial charge in [-0.15, -0.1) is 0 Å². The Morgan fingerprint density at radius 1 is 1.24 bits per heavy atom. The number of ether oxygens (including phenoxy) is 1. The molecule has 3 unspecified atom stereocenters. The predicted octanol–water partition coefficient (Wildman–Crippen LogP) is 2.06. The van der Waals surface area contributed by atoms with Crippen LogP contribution in [0.1, 0.15) is 25.3 Å². The van der Waals surface area contributed by atoms with Gasteiger partial charge in [0.2, 0.25) is 5.91 Å². The average molecular weight is 291 g/mol. The molecule has 2 rings (SSSR count). The second-order valence-corrected chi connectivity index (χ2v) is 5.69. The number of carboxylic acid groups (broad SMARTS) is 1. The Bertz CT molecular complexity index is 512. The van der Waals surface area contributed by atoms with E-state index in [0.717, 1.165) is 11.3 Å². The summed E-state index contributed by atoms with van der Waals surface area (Å²) in [5.74, 6) is -0.971. The summed E-state index contributed by atoms with van der Waals surface area (Å²) in [5, 5.41) is 12.0. The minimum Gasteiger partial charge on any atom is -0.497 e. The van der Waals surface area contributed by atoms with Gasteiger partial charge in [-0.3, -0.25) is 9.59 Å². The molecule has 114 valence electrons. The lowest BCUT2D eigenvalue weighted by atomic mass is 9.95. The van der Waals surface area contributed by atoms with Gasteiger partial charge in [-0.1, -0.05) is 19.1 Å². The van der Waals surface area contributed by atoms with E-state index in [1.165, 1.54) is 0 Å². The van der Waals surface area contributed by atoms with Gasteiger partial charge in [0.05, 0.1) is 18.9 Å². The predicted molar refractivity (Wildman–Crippen MR) is 77.9 cm³/mol. The first kappa shape index (κ1) is 15.4. The maximum atomic E-state index is 12.2. The summed E-state index contributed by atoms with van der Waals surface area (Å²) in [6.45, 7) is 2.40. The topological polar surface area (TPSA) is 75.6 Å². The van der Waals surface area contributed by atoms with E-state index < -0.39 is 17.8 Å². The van der Waals surface area contributed by atoms with Crippen LogP contribution >= 0.6 is 0 Å². The number of benzene rings is 1. The van der Waals surface area contributed by atoms with Gasteiger partial charge in [0, 0.05) is 6.54 Å². The zero-order valence-electron chi connectivity index (χ0n) is 12.3. The van der Waals surface area contributed by atoms with Crippen LogP contribution in [0, 0.1) is 17.8 Å². The fraction of sp³-hybridized carbons (Fsp3) is 0.500. The number of aliphatic carboxylic acids is 1. The third kappa shape index (κ3) is 3.74. The van der Waals surface area contributed by atoms with Gasteiger partial charge in [0.1, 0.15) is 5.75 Å². The summed E-state index contributed by atoms with van der Waals surface area (Å²) in [6.07, 6.45) is 1.22. The molecule has 21 heavy (non-hydrogen) atoms. The maximum absolute atomic E-state index is 12.2. The van der Waals surface area contributed by atoms with Crippen molar-refractivity contribution in [1.82, 2.24) is 5.32 Å². The molecular formula is C16H21NO4. The number of methoxy groups -OCH3 is 1. The van der Waals surface area contributed by atoms with Gasteiger partial charge in [-0.25, -0.2) is 0 Å². The second kappa shape index (κ2) is 6.61. The molecule has 0 saturated heterocycles. The molecular weight excluding hydrogens is 270 g/mol. The van der Waals surface area contributed by atoms with E-state index in [2.05, 4.69) is 5.32 Å². The van der Waals surface area contributed by atoms with E-state index in [1.807, 2.05) is 31.2 Å². The van der Waals surface area contributed by atoms with Crippen LogP contribution in [0.25, 0.3) is 0 Å². The molecule has 2 N–H and O–H groups in total.